The molecular weight excluding hydrogens is 360 g/mol. The molecule has 0 radical (unpaired) electrons. The Balaban J connectivity index is 1.48. The summed E-state index contributed by atoms with van der Waals surface area (Å²) in [5.74, 6) is 2.17. The molecule has 6 unspecified atom stereocenters. The van der Waals surface area contributed by atoms with Gasteiger partial charge in [-0.15, -0.1) is 0 Å². The molecule has 156 valence electrons. The number of carbonyl (C=O) groups excluding carboxylic acids is 1. The van der Waals surface area contributed by atoms with Gasteiger partial charge in [0.2, 0.25) is 0 Å². The van der Waals surface area contributed by atoms with Gasteiger partial charge in [0.1, 0.15) is 0 Å². The number of aliphatic hydroxyl groups is 1. The standard InChI is InChI=1S/C25H34N2O2/c1-15-17(14-27(4)26-15)11-16-12-22-20-6-5-18-13-19(28)7-9-24(18,2)21(20)8-10-25(22,3)23(16)29/h11,13-14,20-23,29H,5-10,12H2,1-4H3/b16-11+. The Morgan fingerprint density at radius 2 is 2.00 bits per heavy atom. The van der Waals surface area contributed by atoms with Gasteiger partial charge in [-0.2, -0.15) is 5.10 Å². The van der Waals surface area contributed by atoms with Crippen molar-refractivity contribution in [2.75, 3.05) is 0 Å². The maximum Gasteiger partial charge on any atom is 0.155 e. The molecule has 29 heavy (non-hydrogen) atoms. The topological polar surface area (TPSA) is 55.1 Å². The van der Waals surface area contributed by atoms with E-state index < -0.39 is 0 Å². The highest BCUT2D eigenvalue weighted by molar-refractivity contribution is 5.91. The van der Waals surface area contributed by atoms with Crippen LogP contribution in [0.25, 0.3) is 6.08 Å². The molecule has 1 aromatic rings. The van der Waals surface area contributed by atoms with E-state index in [0.717, 1.165) is 36.9 Å². The monoisotopic (exact) mass is 394 g/mol. The van der Waals surface area contributed by atoms with Crippen LogP contribution in [0.15, 0.2) is 23.4 Å². The largest absolute Gasteiger partial charge is 0.388 e. The lowest BCUT2D eigenvalue weighted by Gasteiger charge is -2.57. The highest BCUT2D eigenvalue weighted by Gasteiger charge is 2.59. The van der Waals surface area contributed by atoms with Crippen LogP contribution in [0.3, 0.4) is 0 Å². The van der Waals surface area contributed by atoms with E-state index in [0.29, 0.717) is 30.0 Å². The zero-order chi connectivity index (χ0) is 20.6. The lowest BCUT2D eigenvalue weighted by Crippen LogP contribution is -2.51. The second-order valence-electron chi connectivity index (χ2n) is 10.7. The van der Waals surface area contributed by atoms with Crippen molar-refractivity contribution in [3.8, 4) is 0 Å². The number of aryl methyl sites for hydroxylation is 2. The van der Waals surface area contributed by atoms with Gasteiger partial charge in [0.25, 0.3) is 0 Å². The number of fused-ring (bicyclic) bond motifs is 5. The Hall–Kier alpha value is -1.68. The molecule has 0 bridgehead atoms. The van der Waals surface area contributed by atoms with Crippen molar-refractivity contribution >= 4 is 11.9 Å². The lowest BCUT2D eigenvalue weighted by atomic mass is 9.47. The van der Waals surface area contributed by atoms with E-state index in [2.05, 4.69) is 31.2 Å². The first-order valence-corrected chi connectivity index (χ1v) is 11.3. The van der Waals surface area contributed by atoms with Crippen LogP contribution in [-0.4, -0.2) is 26.8 Å². The maximum atomic E-state index is 12.0. The molecule has 0 aliphatic heterocycles. The van der Waals surface area contributed by atoms with Crippen LogP contribution < -0.4 is 0 Å². The molecule has 1 N–H and O–H groups in total. The molecule has 5 rings (SSSR count). The predicted octanol–water partition coefficient (Wildman–Crippen LogP) is 4.61. The first kappa shape index (κ1) is 19.3. The molecule has 1 heterocycles. The van der Waals surface area contributed by atoms with E-state index in [4.69, 9.17) is 0 Å². The fourth-order valence-corrected chi connectivity index (χ4v) is 7.52. The molecule has 0 aromatic carbocycles. The summed E-state index contributed by atoms with van der Waals surface area (Å²) in [7, 11) is 1.95. The van der Waals surface area contributed by atoms with Crippen LogP contribution in [-0.2, 0) is 11.8 Å². The van der Waals surface area contributed by atoms with Gasteiger partial charge in [0, 0.05) is 30.6 Å². The van der Waals surface area contributed by atoms with Gasteiger partial charge in [0.05, 0.1) is 11.8 Å². The van der Waals surface area contributed by atoms with Crippen LogP contribution >= 0.6 is 0 Å². The van der Waals surface area contributed by atoms with Crippen molar-refractivity contribution in [1.82, 2.24) is 9.78 Å². The molecule has 0 spiro atoms. The summed E-state index contributed by atoms with van der Waals surface area (Å²) in [4.78, 5) is 12.0. The normalized spacial score (nSPS) is 43.0. The summed E-state index contributed by atoms with van der Waals surface area (Å²) in [5.41, 5.74) is 4.93. The molecule has 4 aliphatic rings. The first-order valence-electron chi connectivity index (χ1n) is 11.3. The molecular formula is C25H34N2O2. The minimum atomic E-state index is -0.356. The average Bonchev–Trinajstić information content (AvgIpc) is 3.12. The smallest absolute Gasteiger partial charge is 0.155 e. The molecule has 1 aromatic heterocycles. The number of rotatable bonds is 1. The fourth-order valence-electron chi connectivity index (χ4n) is 7.52. The van der Waals surface area contributed by atoms with Crippen molar-refractivity contribution in [3.63, 3.8) is 0 Å². The molecule has 0 amide bonds. The summed E-state index contributed by atoms with van der Waals surface area (Å²) in [6, 6.07) is 0. The Bertz CT molecular complexity index is 925. The van der Waals surface area contributed by atoms with Crippen molar-refractivity contribution in [2.45, 2.75) is 71.8 Å². The summed E-state index contributed by atoms with van der Waals surface area (Å²) >= 11 is 0. The second kappa shape index (κ2) is 6.41. The number of nitrogens with zero attached hydrogens (tertiary/aromatic N) is 2. The second-order valence-corrected chi connectivity index (χ2v) is 10.7. The average molecular weight is 395 g/mol. The van der Waals surface area contributed by atoms with Gasteiger partial charge in [-0.05, 0) is 86.3 Å². The third kappa shape index (κ3) is 2.74. The Kier molecular flexibility index (Phi) is 4.26. The van der Waals surface area contributed by atoms with Gasteiger partial charge in [-0.1, -0.05) is 19.4 Å². The van der Waals surface area contributed by atoms with Gasteiger partial charge < -0.3 is 5.11 Å². The molecule has 3 fully saturated rings. The van der Waals surface area contributed by atoms with Gasteiger partial charge in [0.15, 0.2) is 5.78 Å². The SMILES string of the molecule is Cc1nn(C)cc1/C=C1\CC2C3CCC4=CC(=O)CCC4(C)C3CCC2(C)C1O. The summed E-state index contributed by atoms with van der Waals surface area (Å²) < 4.78 is 1.86. The number of aromatic nitrogens is 2. The van der Waals surface area contributed by atoms with E-state index in [-0.39, 0.29) is 16.9 Å². The van der Waals surface area contributed by atoms with E-state index in [1.54, 1.807) is 0 Å². The summed E-state index contributed by atoms with van der Waals surface area (Å²) in [5, 5.41) is 15.8. The molecule has 3 saturated carbocycles. The number of ketones is 1. The zero-order valence-corrected chi connectivity index (χ0v) is 18.2. The van der Waals surface area contributed by atoms with Crippen molar-refractivity contribution in [1.29, 1.82) is 0 Å². The molecule has 6 atom stereocenters. The van der Waals surface area contributed by atoms with E-state index >= 15 is 0 Å². The van der Waals surface area contributed by atoms with Gasteiger partial charge in [-0.3, -0.25) is 9.48 Å². The van der Waals surface area contributed by atoms with Crippen LogP contribution in [0.4, 0.5) is 0 Å². The van der Waals surface area contributed by atoms with Gasteiger partial charge >= 0.3 is 0 Å². The molecule has 4 aliphatic carbocycles. The third-order valence-electron chi connectivity index (χ3n) is 9.22. The predicted molar refractivity (Wildman–Crippen MR) is 114 cm³/mol. The fraction of sp³-hybridized carbons (Fsp3) is 0.680. The number of hydrogen-bond donors (Lipinski definition) is 1. The van der Waals surface area contributed by atoms with E-state index in [1.165, 1.54) is 24.0 Å². The van der Waals surface area contributed by atoms with Gasteiger partial charge in [-0.25, -0.2) is 0 Å². The van der Waals surface area contributed by atoms with E-state index in [9.17, 15) is 9.90 Å². The van der Waals surface area contributed by atoms with E-state index in [1.807, 2.05) is 24.7 Å². The van der Waals surface area contributed by atoms with Crippen LogP contribution in [0, 0.1) is 35.5 Å². The zero-order valence-electron chi connectivity index (χ0n) is 18.2. The number of carbonyl (C=O) groups is 1. The molecule has 4 heteroatoms. The Morgan fingerprint density at radius 3 is 2.72 bits per heavy atom. The summed E-state index contributed by atoms with van der Waals surface area (Å²) in [6.07, 6.45) is 13.1. The quantitative estimate of drug-likeness (QED) is 0.756. The highest BCUT2D eigenvalue weighted by Crippen LogP contribution is 2.66. The first-order chi connectivity index (χ1) is 13.7. The van der Waals surface area contributed by atoms with Crippen molar-refractivity contribution in [3.05, 3.63) is 34.7 Å². The van der Waals surface area contributed by atoms with Crippen LogP contribution in [0.1, 0.15) is 70.1 Å². The van der Waals surface area contributed by atoms with Crippen LogP contribution in [0.2, 0.25) is 0 Å². The lowest BCUT2D eigenvalue weighted by molar-refractivity contribution is -0.117. The Morgan fingerprint density at radius 1 is 1.21 bits per heavy atom. The molecule has 4 nitrogen and oxygen atoms in total. The summed E-state index contributed by atoms with van der Waals surface area (Å²) in [6.45, 7) is 6.79. The van der Waals surface area contributed by atoms with Crippen LogP contribution in [0.5, 0.6) is 0 Å². The number of hydrogen-bond acceptors (Lipinski definition) is 3. The minimum absolute atomic E-state index is 0.0226. The third-order valence-corrected chi connectivity index (χ3v) is 9.22. The number of allylic oxidation sites excluding steroid dienone is 1. The highest BCUT2D eigenvalue weighted by atomic mass is 16.3. The number of aliphatic hydroxyl groups excluding tert-OH is 1. The maximum absolute atomic E-state index is 12.0. The van der Waals surface area contributed by atoms with Crippen molar-refractivity contribution in [2.24, 2.45) is 35.6 Å². The molecule has 0 saturated heterocycles. The minimum Gasteiger partial charge on any atom is -0.388 e. The Labute approximate surface area is 174 Å². The van der Waals surface area contributed by atoms with Crippen molar-refractivity contribution < 1.29 is 9.90 Å².